The lowest BCUT2D eigenvalue weighted by atomic mass is 10.1. The van der Waals surface area contributed by atoms with Crippen molar-refractivity contribution in [1.29, 1.82) is 0 Å². The lowest BCUT2D eigenvalue weighted by Gasteiger charge is -2.11. The van der Waals surface area contributed by atoms with Crippen molar-refractivity contribution in [3.05, 3.63) is 71.9 Å². The molecule has 0 bridgehead atoms. The molecule has 0 radical (unpaired) electrons. The molecule has 0 aliphatic heterocycles. The van der Waals surface area contributed by atoms with E-state index in [1.165, 1.54) is 5.69 Å². The number of pyridine rings is 1. The third kappa shape index (κ3) is 4.09. The van der Waals surface area contributed by atoms with Crippen LogP contribution in [-0.2, 0) is 11.3 Å². The second-order valence-electron chi connectivity index (χ2n) is 6.44. The van der Waals surface area contributed by atoms with E-state index in [2.05, 4.69) is 47.4 Å². The van der Waals surface area contributed by atoms with E-state index < -0.39 is 5.97 Å². The number of hydrogen-bond donors (Lipinski definition) is 1. The van der Waals surface area contributed by atoms with Crippen molar-refractivity contribution < 1.29 is 14.5 Å². The summed E-state index contributed by atoms with van der Waals surface area (Å²) in [5.41, 5.74) is 4.47. The molecule has 0 spiro atoms. The van der Waals surface area contributed by atoms with Crippen LogP contribution in [0.3, 0.4) is 0 Å². The van der Waals surface area contributed by atoms with Gasteiger partial charge in [0, 0.05) is 31.9 Å². The number of carboxylic acids is 1. The van der Waals surface area contributed by atoms with E-state index in [1.54, 1.807) is 0 Å². The Morgan fingerprint density at radius 3 is 2.46 bits per heavy atom. The van der Waals surface area contributed by atoms with E-state index in [9.17, 15) is 4.79 Å². The van der Waals surface area contributed by atoms with Gasteiger partial charge in [0.2, 0.25) is 5.52 Å². The summed E-state index contributed by atoms with van der Waals surface area (Å²) in [7, 11) is 4.06. The first-order valence-electron chi connectivity index (χ1n) is 8.63. The molecule has 26 heavy (non-hydrogen) atoms. The fourth-order valence-electron chi connectivity index (χ4n) is 2.93. The molecule has 0 aliphatic carbocycles. The van der Waals surface area contributed by atoms with Gasteiger partial charge in [0.25, 0.3) is 0 Å². The van der Waals surface area contributed by atoms with Gasteiger partial charge in [-0.2, -0.15) is 4.57 Å². The Hall–Kier alpha value is -3.14. The van der Waals surface area contributed by atoms with Crippen LogP contribution in [0, 0.1) is 0 Å². The van der Waals surface area contributed by atoms with Gasteiger partial charge in [-0.1, -0.05) is 36.4 Å². The van der Waals surface area contributed by atoms with Gasteiger partial charge in [-0.15, -0.1) is 0 Å². The van der Waals surface area contributed by atoms with E-state index >= 15 is 0 Å². The third-order valence-corrected chi connectivity index (χ3v) is 4.39. The number of hydrogen-bond acceptors (Lipinski definition) is 2. The van der Waals surface area contributed by atoms with Crippen molar-refractivity contribution in [2.45, 2.75) is 13.0 Å². The zero-order valence-corrected chi connectivity index (χ0v) is 15.1. The van der Waals surface area contributed by atoms with Gasteiger partial charge in [0.1, 0.15) is 6.42 Å². The molecule has 3 aromatic rings. The lowest BCUT2D eigenvalue weighted by molar-refractivity contribution is -0.670. The zero-order valence-electron chi connectivity index (χ0n) is 15.1. The monoisotopic (exact) mass is 347 g/mol. The molecular weight excluding hydrogens is 324 g/mol. The van der Waals surface area contributed by atoms with Crippen LogP contribution in [0.25, 0.3) is 23.1 Å². The van der Waals surface area contributed by atoms with Gasteiger partial charge >= 0.3 is 5.97 Å². The van der Waals surface area contributed by atoms with Crippen LogP contribution in [-0.4, -0.2) is 25.2 Å². The van der Waals surface area contributed by atoms with E-state index in [-0.39, 0.29) is 6.42 Å². The Morgan fingerprint density at radius 1 is 1.04 bits per heavy atom. The molecule has 1 heterocycles. The van der Waals surface area contributed by atoms with E-state index in [0.29, 0.717) is 6.54 Å². The number of benzene rings is 2. The highest BCUT2D eigenvalue weighted by Crippen LogP contribution is 2.19. The summed E-state index contributed by atoms with van der Waals surface area (Å²) in [6, 6.07) is 18.5. The molecule has 0 fully saturated rings. The molecule has 0 aliphatic rings. The minimum absolute atomic E-state index is 0.113. The van der Waals surface area contributed by atoms with Gasteiger partial charge in [-0.25, -0.2) is 0 Å². The molecule has 0 atom stereocenters. The molecule has 3 rings (SSSR count). The quantitative estimate of drug-likeness (QED) is 0.689. The maximum Gasteiger partial charge on any atom is 0.309 e. The normalized spacial score (nSPS) is 11.2. The number of para-hydroxylation sites is 1. The fourth-order valence-corrected chi connectivity index (χ4v) is 2.93. The molecule has 132 valence electrons. The maximum absolute atomic E-state index is 10.9. The second kappa shape index (κ2) is 7.83. The number of aromatic nitrogens is 1. The van der Waals surface area contributed by atoms with Crippen molar-refractivity contribution in [1.82, 2.24) is 0 Å². The van der Waals surface area contributed by atoms with Crippen molar-refractivity contribution in [3.63, 3.8) is 0 Å². The highest BCUT2D eigenvalue weighted by atomic mass is 16.4. The molecule has 0 saturated carbocycles. The van der Waals surface area contributed by atoms with Gasteiger partial charge in [-0.05, 0) is 29.3 Å². The molecule has 2 aromatic carbocycles. The standard InChI is InChI=1S/C22H22N2O2/c1-23(2)19-11-8-17(9-12-19)7-10-18-13-15-24(16-14-22(25)26)21-6-4-3-5-20(18)21/h3-13,15H,14,16H2,1-2H3/p+1. The van der Waals surface area contributed by atoms with Gasteiger partial charge < -0.3 is 10.0 Å². The van der Waals surface area contributed by atoms with Crippen LogP contribution in [0.1, 0.15) is 17.5 Å². The molecule has 4 nitrogen and oxygen atoms in total. The van der Waals surface area contributed by atoms with Crippen LogP contribution in [0.15, 0.2) is 60.8 Å². The Labute approximate surface area is 153 Å². The van der Waals surface area contributed by atoms with Crippen molar-refractivity contribution in [2.75, 3.05) is 19.0 Å². The Morgan fingerprint density at radius 2 is 1.77 bits per heavy atom. The number of carbonyl (C=O) groups is 1. The third-order valence-electron chi connectivity index (χ3n) is 4.39. The Bertz CT molecular complexity index is 944. The number of aryl methyl sites for hydroxylation is 1. The van der Waals surface area contributed by atoms with Crippen molar-refractivity contribution in [3.8, 4) is 0 Å². The number of rotatable bonds is 6. The predicted molar refractivity (Wildman–Crippen MR) is 106 cm³/mol. The van der Waals surface area contributed by atoms with E-state index in [0.717, 1.165) is 22.0 Å². The average Bonchev–Trinajstić information content (AvgIpc) is 2.65. The summed E-state index contributed by atoms with van der Waals surface area (Å²) in [6.45, 7) is 0.464. The second-order valence-corrected chi connectivity index (χ2v) is 6.44. The smallest absolute Gasteiger partial charge is 0.309 e. The highest BCUT2D eigenvalue weighted by molar-refractivity contribution is 5.88. The minimum Gasteiger partial charge on any atom is -0.481 e. The van der Waals surface area contributed by atoms with Crippen LogP contribution in [0.4, 0.5) is 5.69 Å². The Kier molecular flexibility index (Phi) is 5.32. The maximum atomic E-state index is 10.9. The van der Waals surface area contributed by atoms with Crippen molar-refractivity contribution in [2.24, 2.45) is 0 Å². The van der Waals surface area contributed by atoms with Crippen molar-refractivity contribution >= 4 is 34.7 Å². The van der Waals surface area contributed by atoms with Crippen LogP contribution in [0.2, 0.25) is 0 Å². The van der Waals surface area contributed by atoms with E-state index in [4.69, 9.17) is 5.11 Å². The molecule has 0 saturated heterocycles. The largest absolute Gasteiger partial charge is 0.481 e. The first-order valence-corrected chi connectivity index (χ1v) is 8.63. The number of carboxylic acid groups (broad SMARTS) is 1. The molecule has 0 unspecified atom stereocenters. The number of aliphatic carboxylic acids is 1. The average molecular weight is 347 g/mol. The fraction of sp³-hybridized carbons (Fsp3) is 0.182. The van der Waals surface area contributed by atoms with Gasteiger partial charge in [-0.3, -0.25) is 4.79 Å². The number of fused-ring (bicyclic) bond motifs is 1. The summed E-state index contributed by atoms with van der Waals surface area (Å²) < 4.78 is 1.99. The first-order chi connectivity index (χ1) is 12.5. The molecular formula is C22H23N2O2+. The number of anilines is 1. The Balaban J connectivity index is 1.90. The summed E-state index contributed by atoms with van der Waals surface area (Å²) in [4.78, 5) is 13.0. The van der Waals surface area contributed by atoms with Crippen LogP contribution < -0.4 is 9.47 Å². The van der Waals surface area contributed by atoms with E-state index in [1.807, 2.05) is 49.1 Å². The molecule has 4 heteroatoms. The minimum atomic E-state index is -0.785. The zero-order chi connectivity index (χ0) is 18.5. The highest BCUT2D eigenvalue weighted by Gasteiger charge is 2.12. The molecule has 1 aromatic heterocycles. The van der Waals surface area contributed by atoms with Gasteiger partial charge in [0.05, 0.1) is 5.39 Å². The summed E-state index contributed by atoms with van der Waals surface area (Å²) in [6.07, 6.45) is 6.28. The predicted octanol–water partition coefficient (Wildman–Crippen LogP) is 3.84. The van der Waals surface area contributed by atoms with Gasteiger partial charge in [0.15, 0.2) is 12.7 Å². The molecule has 0 amide bonds. The molecule has 1 N–H and O–H groups in total. The summed E-state index contributed by atoms with van der Waals surface area (Å²) in [5, 5.41) is 10.1. The number of nitrogens with zero attached hydrogens (tertiary/aromatic N) is 2. The first kappa shape index (κ1) is 17.7. The lowest BCUT2D eigenvalue weighted by Crippen LogP contribution is -2.35. The van der Waals surface area contributed by atoms with Crippen LogP contribution in [0.5, 0.6) is 0 Å². The SMILES string of the molecule is CN(C)c1ccc(C=Cc2cc[n+](CCC(=O)O)c3ccccc23)cc1. The summed E-state index contributed by atoms with van der Waals surface area (Å²) in [5.74, 6) is -0.785. The topological polar surface area (TPSA) is 44.4 Å². The summed E-state index contributed by atoms with van der Waals surface area (Å²) >= 11 is 0. The van der Waals surface area contributed by atoms with Crippen LogP contribution >= 0.6 is 0 Å².